The van der Waals surface area contributed by atoms with Crippen LogP contribution in [0.15, 0.2) is 77.7 Å². The van der Waals surface area contributed by atoms with Crippen LogP contribution in [0, 0.1) is 6.92 Å². The molecule has 0 radical (unpaired) electrons. The van der Waals surface area contributed by atoms with Crippen molar-refractivity contribution in [1.29, 1.82) is 0 Å². The standard InChI is InChI=1S/C26H28N2O5S/c1-4-33-26(30)18-21-7-11-22(12-8-21)27-25(29)17-20-9-13-23(14-10-20)28(3)34(31,32)24-15-5-19(2)6-16-24/h5-16H,4,17-18H2,1-3H3,(H,27,29). The van der Waals surface area contributed by atoms with Gasteiger partial charge < -0.3 is 10.1 Å². The van der Waals surface area contributed by atoms with E-state index in [1.165, 1.54) is 11.4 Å². The normalized spacial score (nSPS) is 11.0. The molecule has 178 valence electrons. The van der Waals surface area contributed by atoms with Gasteiger partial charge in [-0.25, -0.2) is 8.42 Å². The summed E-state index contributed by atoms with van der Waals surface area (Å²) in [6, 6.07) is 20.5. The highest BCUT2D eigenvalue weighted by molar-refractivity contribution is 7.92. The number of sulfonamides is 1. The molecular weight excluding hydrogens is 452 g/mol. The number of nitrogens with zero attached hydrogens (tertiary/aromatic N) is 1. The van der Waals surface area contributed by atoms with Crippen molar-refractivity contribution in [2.24, 2.45) is 0 Å². The third-order valence-corrected chi connectivity index (χ3v) is 7.04. The maximum Gasteiger partial charge on any atom is 0.310 e. The van der Waals surface area contributed by atoms with Crippen molar-refractivity contribution in [3.63, 3.8) is 0 Å². The molecule has 3 aromatic rings. The number of esters is 1. The molecule has 1 amide bonds. The fourth-order valence-corrected chi connectivity index (χ4v) is 4.50. The van der Waals surface area contributed by atoms with Gasteiger partial charge in [-0.2, -0.15) is 0 Å². The molecule has 0 saturated heterocycles. The number of carbonyl (C=O) groups is 2. The number of anilines is 2. The van der Waals surface area contributed by atoms with E-state index in [1.807, 2.05) is 6.92 Å². The maximum absolute atomic E-state index is 12.9. The van der Waals surface area contributed by atoms with E-state index >= 15 is 0 Å². The Morgan fingerprint density at radius 3 is 2.00 bits per heavy atom. The smallest absolute Gasteiger partial charge is 0.310 e. The van der Waals surface area contributed by atoms with Gasteiger partial charge in [-0.05, 0) is 61.4 Å². The molecule has 34 heavy (non-hydrogen) atoms. The predicted molar refractivity (Wildman–Crippen MR) is 132 cm³/mol. The van der Waals surface area contributed by atoms with Crippen molar-refractivity contribution in [1.82, 2.24) is 0 Å². The number of benzene rings is 3. The van der Waals surface area contributed by atoms with Gasteiger partial charge in [0.25, 0.3) is 10.0 Å². The van der Waals surface area contributed by atoms with Crippen molar-refractivity contribution >= 4 is 33.3 Å². The Morgan fingerprint density at radius 2 is 1.41 bits per heavy atom. The predicted octanol–water partition coefficient (Wildman–Crippen LogP) is 4.11. The van der Waals surface area contributed by atoms with Crippen LogP contribution >= 0.6 is 0 Å². The van der Waals surface area contributed by atoms with Crippen LogP contribution in [-0.4, -0.2) is 33.9 Å². The summed E-state index contributed by atoms with van der Waals surface area (Å²) in [6.07, 6.45) is 0.321. The molecule has 3 rings (SSSR count). The summed E-state index contributed by atoms with van der Waals surface area (Å²) < 4.78 is 31.9. The summed E-state index contributed by atoms with van der Waals surface area (Å²) in [4.78, 5) is 24.2. The van der Waals surface area contributed by atoms with Gasteiger partial charge in [0.15, 0.2) is 0 Å². The number of hydrogen-bond donors (Lipinski definition) is 1. The molecule has 8 heteroatoms. The number of ether oxygens (including phenoxy) is 1. The number of nitrogens with one attached hydrogen (secondary N) is 1. The summed E-state index contributed by atoms with van der Waals surface area (Å²) >= 11 is 0. The van der Waals surface area contributed by atoms with E-state index in [0.717, 1.165) is 16.7 Å². The quantitative estimate of drug-likeness (QED) is 0.466. The number of hydrogen-bond acceptors (Lipinski definition) is 5. The van der Waals surface area contributed by atoms with Crippen molar-refractivity contribution in [3.05, 3.63) is 89.5 Å². The average molecular weight is 481 g/mol. The summed E-state index contributed by atoms with van der Waals surface area (Å²) in [5.41, 5.74) is 3.66. The first kappa shape index (κ1) is 25.0. The molecular formula is C26H28N2O5S. The Bertz CT molecular complexity index is 1240. The highest BCUT2D eigenvalue weighted by Crippen LogP contribution is 2.23. The summed E-state index contributed by atoms with van der Waals surface area (Å²) in [5, 5.41) is 2.82. The Hall–Kier alpha value is -3.65. The van der Waals surface area contributed by atoms with Crippen LogP contribution in [0.3, 0.4) is 0 Å². The molecule has 0 spiro atoms. The lowest BCUT2D eigenvalue weighted by Crippen LogP contribution is -2.26. The van der Waals surface area contributed by atoms with E-state index < -0.39 is 10.0 Å². The van der Waals surface area contributed by atoms with Gasteiger partial charge in [0, 0.05) is 12.7 Å². The minimum atomic E-state index is -3.67. The van der Waals surface area contributed by atoms with E-state index in [2.05, 4.69) is 5.32 Å². The van der Waals surface area contributed by atoms with Crippen LogP contribution in [-0.2, 0) is 37.2 Å². The first-order chi connectivity index (χ1) is 16.2. The molecule has 0 aliphatic heterocycles. The topological polar surface area (TPSA) is 92.8 Å². The highest BCUT2D eigenvalue weighted by atomic mass is 32.2. The van der Waals surface area contributed by atoms with Crippen molar-refractivity contribution in [2.45, 2.75) is 31.6 Å². The fourth-order valence-electron chi connectivity index (χ4n) is 3.31. The fraction of sp³-hybridized carbons (Fsp3) is 0.231. The van der Waals surface area contributed by atoms with Crippen LogP contribution in [0.2, 0.25) is 0 Å². The Morgan fingerprint density at radius 1 is 0.853 bits per heavy atom. The number of rotatable bonds is 9. The summed E-state index contributed by atoms with van der Waals surface area (Å²) in [6.45, 7) is 4.00. The van der Waals surface area contributed by atoms with Crippen LogP contribution in [0.25, 0.3) is 0 Å². The van der Waals surface area contributed by atoms with Gasteiger partial charge in [-0.15, -0.1) is 0 Å². The van der Waals surface area contributed by atoms with Crippen molar-refractivity contribution in [3.8, 4) is 0 Å². The molecule has 0 heterocycles. The van der Waals surface area contributed by atoms with Gasteiger partial charge in [-0.3, -0.25) is 13.9 Å². The molecule has 0 atom stereocenters. The van der Waals surface area contributed by atoms with E-state index in [4.69, 9.17) is 4.74 Å². The molecule has 0 saturated carbocycles. The zero-order valence-electron chi connectivity index (χ0n) is 19.4. The second kappa shape index (κ2) is 11.0. The molecule has 7 nitrogen and oxygen atoms in total. The summed E-state index contributed by atoms with van der Waals surface area (Å²) in [5.74, 6) is -0.494. The van der Waals surface area contributed by atoms with Crippen molar-refractivity contribution < 1.29 is 22.7 Å². The second-order valence-electron chi connectivity index (χ2n) is 7.86. The third-order valence-electron chi connectivity index (χ3n) is 5.24. The summed E-state index contributed by atoms with van der Waals surface area (Å²) in [7, 11) is -2.17. The molecule has 0 unspecified atom stereocenters. The van der Waals surface area contributed by atoms with E-state index in [1.54, 1.807) is 79.7 Å². The molecule has 0 fully saturated rings. The van der Waals surface area contributed by atoms with E-state index in [0.29, 0.717) is 18.0 Å². The second-order valence-corrected chi connectivity index (χ2v) is 9.82. The zero-order chi connectivity index (χ0) is 24.7. The van der Waals surface area contributed by atoms with Gasteiger partial charge in [0.2, 0.25) is 5.91 Å². The Balaban J connectivity index is 1.59. The largest absolute Gasteiger partial charge is 0.466 e. The highest BCUT2D eigenvalue weighted by Gasteiger charge is 2.21. The van der Waals surface area contributed by atoms with Gasteiger partial charge in [0.05, 0.1) is 30.0 Å². The lowest BCUT2D eigenvalue weighted by Gasteiger charge is -2.20. The number of aryl methyl sites for hydroxylation is 1. The Labute approximate surface area is 200 Å². The number of carbonyl (C=O) groups excluding carboxylic acids is 2. The van der Waals surface area contributed by atoms with Crippen LogP contribution in [0.5, 0.6) is 0 Å². The molecule has 1 N–H and O–H groups in total. The van der Waals surface area contributed by atoms with Gasteiger partial charge in [-0.1, -0.05) is 42.0 Å². The third kappa shape index (κ3) is 6.45. The van der Waals surface area contributed by atoms with Crippen LogP contribution in [0.4, 0.5) is 11.4 Å². The molecule has 0 aliphatic rings. The monoisotopic (exact) mass is 480 g/mol. The minimum absolute atomic E-state index is 0.138. The Kier molecular flexibility index (Phi) is 8.07. The number of amides is 1. The van der Waals surface area contributed by atoms with Gasteiger partial charge in [0.1, 0.15) is 0 Å². The van der Waals surface area contributed by atoms with E-state index in [9.17, 15) is 18.0 Å². The molecule has 0 bridgehead atoms. The lowest BCUT2D eigenvalue weighted by molar-refractivity contribution is -0.142. The zero-order valence-corrected chi connectivity index (χ0v) is 20.3. The lowest BCUT2D eigenvalue weighted by atomic mass is 10.1. The molecule has 3 aromatic carbocycles. The van der Waals surface area contributed by atoms with Crippen molar-refractivity contribution in [2.75, 3.05) is 23.3 Å². The SMILES string of the molecule is CCOC(=O)Cc1ccc(NC(=O)Cc2ccc(N(C)S(=O)(=O)c3ccc(C)cc3)cc2)cc1. The van der Waals surface area contributed by atoms with Crippen LogP contribution < -0.4 is 9.62 Å². The first-order valence-corrected chi connectivity index (χ1v) is 12.3. The van der Waals surface area contributed by atoms with E-state index in [-0.39, 0.29) is 29.6 Å². The van der Waals surface area contributed by atoms with Gasteiger partial charge >= 0.3 is 5.97 Å². The molecule has 0 aromatic heterocycles. The first-order valence-electron chi connectivity index (χ1n) is 10.9. The molecule has 0 aliphatic carbocycles. The maximum atomic E-state index is 12.9. The minimum Gasteiger partial charge on any atom is -0.466 e. The van der Waals surface area contributed by atoms with Crippen LogP contribution in [0.1, 0.15) is 23.6 Å². The average Bonchev–Trinajstić information content (AvgIpc) is 2.81.